The summed E-state index contributed by atoms with van der Waals surface area (Å²) < 4.78 is 0. The molecular formula is C22H23NO. The number of hydrogen-bond donors (Lipinski definition) is 1. The van der Waals surface area contributed by atoms with Gasteiger partial charge in [-0.05, 0) is 24.1 Å². The lowest BCUT2D eigenvalue weighted by Gasteiger charge is -2.38. The lowest BCUT2D eigenvalue weighted by atomic mass is 9.63. The van der Waals surface area contributed by atoms with Gasteiger partial charge >= 0.3 is 0 Å². The molecule has 3 rings (SSSR count). The zero-order valence-corrected chi connectivity index (χ0v) is 14.0. The summed E-state index contributed by atoms with van der Waals surface area (Å²) in [6, 6.07) is 17.5. The number of carbonyl (C=O) groups excluding carboxylic acids is 1. The molecule has 2 nitrogen and oxygen atoms in total. The van der Waals surface area contributed by atoms with Crippen LogP contribution in [-0.2, 0) is 5.41 Å². The zero-order chi connectivity index (χ0) is 17.0. The van der Waals surface area contributed by atoms with Crippen LogP contribution < -0.4 is 5.73 Å². The molecule has 0 radical (unpaired) electrons. The van der Waals surface area contributed by atoms with Crippen LogP contribution in [0, 0.1) is 5.92 Å². The van der Waals surface area contributed by atoms with E-state index in [9.17, 15) is 4.79 Å². The summed E-state index contributed by atoms with van der Waals surface area (Å²) in [7, 11) is 0. The molecule has 2 unspecified atom stereocenters. The van der Waals surface area contributed by atoms with Crippen molar-refractivity contribution in [3.05, 3.63) is 90.0 Å². The molecule has 1 aliphatic carbocycles. The molecule has 2 N–H and O–H groups in total. The molecule has 1 aliphatic rings. The predicted octanol–water partition coefficient (Wildman–Crippen LogP) is 4.93. The summed E-state index contributed by atoms with van der Waals surface area (Å²) >= 11 is 0. The molecule has 0 saturated carbocycles. The Morgan fingerprint density at radius 3 is 2.42 bits per heavy atom. The van der Waals surface area contributed by atoms with Crippen LogP contribution in [0.4, 0.5) is 5.69 Å². The van der Waals surface area contributed by atoms with Crippen LogP contribution in [0.5, 0.6) is 0 Å². The van der Waals surface area contributed by atoms with E-state index in [0.29, 0.717) is 0 Å². The number of hydrogen-bond acceptors (Lipinski definition) is 2. The van der Waals surface area contributed by atoms with E-state index in [1.165, 1.54) is 0 Å². The van der Waals surface area contributed by atoms with Crippen LogP contribution in [-0.4, -0.2) is 5.78 Å². The van der Waals surface area contributed by atoms with E-state index >= 15 is 0 Å². The van der Waals surface area contributed by atoms with Gasteiger partial charge in [0.05, 0.1) is 5.92 Å². The van der Waals surface area contributed by atoms with E-state index < -0.39 is 0 Å². The minimum absolute atomic E-state index is 0.168. The first kappa shape index (κ1) is 16.3. The number of Topliss-reactive ketones (excluding diaryl/α,β-unsaturated/α-hetero) is 1. The van der Waals surface area contributed by atoms with Gasteiger partial charge in [0.2, 0.25) is 0 Å². The molecule has 0 heterocycles. The molecule has 0 spiro atoms. The van der Waals surface area contributed by atoms with Gasteiger partial charge in [-0.1, -0.05) is 80.1 Å². The summed E-state index contributed by atoms with van der Waals surface area (Å²) in [5.41, 5.74) is 8.20. The Morgan fingerprint density at radius 2 is 1.75 bits per heavy atom. The molecule has 2 atom stereocenters. The minimum Gasteiger partial charge on any atom is -0.399 e. The second kappa shape index (κ2) is 6.88. The van der Waals surface area contributed by atoms with Gasteiger partial charge in [0.15, 0.2) is 5.78 Å². The summed E-state index contributed by atoms with van der Waals surface area (Å²) in [5, 5.41) is 0. The van der Waals surface area contributed by atoms with Crippen molar-refractivity contribution in [2.75, 3.05) is 5.73 Å². The van der Waals surface area contributed by atoms with Gasteiger partial charge in [0.25, 0.3) is 0 Å². The molecule has 122 valence electrons. The lowest BCUT2D eigenvalue weighted by Crippen LogP contribution is -2.38. The Balaban J connectivity index is 2.08. The number of carbonyl (C=O) groups is 1. The molecule has 2 aromatic rings. The molecule has 0 bridgehead atoms. The summed E-state index contributed by atoms with van der Waals surface area (Å²) in [6.45, 7) is 2.16. The number of nitrogens with two attached hydrogens (primary N) is 1. The highest BCUT2D eigenvalue weighted by Gasteiger charge is 2.41. The lowest BCUT2D eigenvalue weighted by molar-refractivity contribution is 0.0901. The standard InChI is InChI=1S/C22H23NO/c1-2-15-22(18-11-13-19(23)14-12-18)16-7-6-10-20(22)21(24)17-8-4-3-5-9-17/h3-14,16,20H,2,15,23H2,1H3. The number of allylic oxidation sites excluding steroid dienone is 4. The van der Waals surface area contributed by atoms with Crippen molar-refractivity contribution in [1.82, 2.24) is 0 Å². The Morgan fingerprint density at radius 1 is 1.04 bits per heavy atom. The number of rotatable bonds is 5. The van der Waals surface area contributed by atoms with E-state index in [4.69, 9.17) is 5.73 Å². The van der Waals surface area contributed by atoms with E-state index in [1.54, 1.807) is 0 Å². The van der Waals surface area contributed by atoms with Crippen LogP contribution in [0.1, 0.15) is 35.7 Å². The molecule has 0 aromatic heterocycles. The van der Waals surface area contributed by atoms with Gasteiger partial charge in [-0.25, -0.2) is 0 Å². The molecule has 2 heteroatoms. The van der Waals surface area contributed by atoms with Crippen molar-refractivity contribution in [2.24, 2.45) is 5.92 Å². The smallest absolute Gasteiger partial charge is 0.170 e. The molecule has 0 saturated heterocycles. The number of nitrogen functional groups attached to an aromatic ring is 1. The normalized spacial score (nSPS) is 22.5. The third-order valence-corrected chi connectivity index (χ3v) is 4.82. The summed E-state index contributed by atoms with van der Waals surface area (Å²) in [5.74, 6) is -0.0325. The predicted molar refractivity (Wildman–Crippen MR) is 100.0 cm³/mol. The van der Waals surface area contributed by atoms with Crippen molar-refractivity contribution < 1.29 is 4.79 Å². The van der Waals surface area contributed by atoms with Crippen LogP contribution in [0.2, 0.25) is 0 Å². The Hall–Kier alpha value is -2.61. The first-order valence-electron chi connectivity index (χ1n) is 8.48. The zero-order valence-electron chi connectivity index (χ0n) is 14.0. The van der Waals surface area contributed by atoms with Gasteiger partial charge in [-0.3, -0.25) is 4.79 Å². The van der Waals surface area contributed by atoms with Crippen molar-refractivity contribution in [1.29, 1.82) is 0 Å². The quantitative estimate of drug-likeness (QED) is 0.627. The van der Waals surface area contributed by atoms with Crippen molar-refractivity contribution in [3.8, 4) is 0 Å². The van der Waals surface area contributed by atoms with Gasteiger partial charge in [0.1, 0.15) is 0 Å². The van der Waals surface area contributed by atoms with Crippen LogP contribution in [0.15, 0.2) is 78.9 Å². The highest BCUT2D eigenvalue weighted by atomic mass is 16.1. The van der Waals surface area contributed by atoms with Crippen molar-refractivity contribution in [2.45, 2.75) is 25.2 Å². The highest BCUT2D eigenvalue weighted by Crippen LogP contribution is 2.43. The third kappa shape index (κ3) is 2.92. The summed E-state index contributed by atoms with van der Waals surface area (Å²) in [6.07, 6.45) is 10.2. The molecule has 24 heavy (non-hydrogen) atoms. The fraction of sp³-hybridized carbons (Fsp3) is 0.227. The van der Waals surface area contributed by atoms with E-state index in [2.05, 4.69) is 31.2 Å². The molecule has 2 aromatic carbocycles. The van der Waals surface area contributed by atoms with Crippen LogP contribution >= 0.6 is 0 Å². The van der Waals surface area contributed by atoms with Crippen molar-refractivity contribution >= 4 is 11.5 Å². The third-order valence-electron chi connectivity index (χ3n) is 4.82. The van der Waals surface area contributed by atoms with Gasteiger partial charge in [0, 0.05) is 16.7 Å². The van der Waals surface area contributed by atoms with Crippen molar-refractivity contribution in [3.63, 3.8) is 0 Å². The molecule has 0 fully saturated rings. The fourth-order valence-corrected chi connectivity index (χ4v) is 3.65. The first-order valence-corrected chi connectivity index (χ1v) is 8.48. The maximum absolute atomic E-state index is 13.2. The SMILES string of the molecule is CCCC1(c2ccc(N)cc2)C=CC=CC1C(=O)c1ccccc1. The Bertz CT molecular complexity index is 758. The average molecular weight is 317 g/mol. The largest absolute Gasteiger partial charge is 0.399 e. The first-order chi connectivity index (χ1) is 11.7. The van der Waals surface area contributed by atoms with E-state index in [0.717, 1.165) is 29.7 Å². The monoisotopic (exact) mass is 317 g/mol. The average Bonchev–Trinajstić information content (AvgIpc) is 2.63. The Labute approximate surface area is 143 Å². The molecular weight excluding hydrogens is 294 g/mol. The molecule has 0 amide bonds. The summed E-state index contributed by atoms with van der Waals surface area (Å²) in [4.78, 5) is 13.2. The fourth-order valence-electron chi connectivity index (χ4n) is 3.65. The minimum atomic E-state index is -0.315. The van der Waals surface area contributed by atoms with E-state index in [1.807, 2.05) is 54.6 Å². The highest BCUT2D eigenvalue weighted by molar-refractivity contribution is 6.00. The number of ketones is 1. The second-order valence-corrected chi connectivity index (χ2v) is 6.36. The molecule has 0 aliphatic heterocycles. The number of anilines is 1. The van der Waals surface area contributed by atoms with Gasteiger partial charge in [-0.15, -0.1) is 0 Å². The van der Waals surface area contributed by atoms with E-state index in [-0.39, 0.29) is 17.1 Å². The van der Waals surface area contributed by atoms with Crippen LogP contribution in [0.3, 0.4) is 0 Å². The van der Waals surface area contributed by atoms with Gasteiger partial charge < -0.3 is 5.73 Å². The maximum Gasteiger partial charge on any atom is 0.170 e. The van der Waals surface area contributed by atoms with Gasteiger partial charge in [-0.2, -0.15) is 0 Å². The second-order valence-electron chi connectivity index (χ2n) is 6.36. The Kier molecular flexibility index (Phi) is 4.66. The topological polar surface area (TPSA) is 43.1 Å². The maximum atomic E-state index is 13.2. The van der Waals surface area contributed by atoms with Crippen LogP contribution in [0.25, 0.3) is 0 Å². The number of benzene rings is 2.